The fourth-order valence-corrected chi connectivity index (χ4v) is 6.46. The van der Waals surface area contributed by atoms with E-state index in [0.29, 0.717) is 17.6 Å². The molecule has 3 aliphatic carbocycles. The first-order valence-electron chi connectivity index (χ1n) is 11.9. The number of fused-ring (bicyclic) bond motifs is 5. The number of nitriles is 1. The van der Waals surface area contributed by atoms with Crippen LogP contribution >= 0.6 is 0 Å². The van der Waals surface area contributed by atoms with Gasteiger partial charge in [-0.25, -0.2) is 0 Å². The molecule has 3 nitrogen and oxygen atoms in total. The first-order chi connectivity index (χ1) is 15.6. The van der Waals surface area contributed by atoms with Gasteiger partial charge in [-0.05, 0) is 92.8 Å². The molecule has 0 saturated heterocycles. The van der Waals surface area contributed by atoms with Gasteiger partial charge in [0, 0.05) is 35.3 Å². The van der Waals surface area contributed by atoms with Crippen molar-refractivity contribution in [1.29, 1.82) is 5.26 Å². The highest BCUT2D eigenvalue weighted by atomic mass is 16.5. The number of nitrogens with zero attached hydrogens (tertiary/aromatic N) is 2. The van der Waals surface area contributed by atoms with Gasteiger partial charge in [0.1, 0.15) is 5.54 Å². The molecule has 0 amide bonds. The smallest absolute Gasteiger partial charge is 0.118 e. The molecule has 4 aliphatic rings. The molecule has 2 spiro atoms. The van der Waals surface area contributed by atoms with Crippen LogP contribution in [0.5, 0.6) is 0 Å². The average Bonchev–Trinajstić information content (AvgIpc) is 3.56. The highest BCUT2D eigenvalue weighted by Crippen LogP contribution is 2.65. The van der Waals surface area contributed by atoms with Crippen molar-refractivity contribution in [3.63, 3.8) is 0 Å². The molecule has 2 aromatic rings. The van der Waals surface area contributed by atoms with Crippen molar-refractivity contribution in [3.05, 3.63) is 69.8 Å². The molecule has 2 aromatic carbocycles. The summed E-state index contributed by atoms with van der Waals surface area (Å²) >= 11 is 0. The van der Waals surface area contributed by atoms with E-state index in [2.05, 4.69) is 55.2 Å². The molecule has 160 valence electrons. The van der Waals surface area contributed by atoms with Gasteiger partial charge in [0.2, 0.25) is 0 Å². The molecule has 6 rings (SSSR count). The Bertz CT molecular complexity index is 1240. The summed E-state index contributed by atoms with van der Waals surface area (Å²) < 4.78 is 5.73. The number of methoxy groups -OCH3 is 1. The first kappa shape index (κ1) is 19.8. The lowest BCUT2D eigenvalue weighted by molar-refractivity contribution is 0.00685. The van der Waals surface area contributed by atoms with Crippen molar-refractivity contribution in [2.24, 2.45) is 16.3 Å². The molecule has 0 aromatic heterocycles. The molecule has 1 unspecified atom stereocenters. The fraction of sp³-hybridized carbons (Fsp3) is 0.448. The normalized spacial score (nSPS) is 29.8. The van der Waals surface area contributed by atoms with Crippen molar-refractivity contribution in [2.75, 3.05) is 7.11 Å². The maximum atomic E-state index is 9.68. The van der Waals surface area contributed by atoms with Crippen LogP contribution in [0.1, 0.15) is 78.8 Å². The van der Waals surface area contributed by atoms with E-state index in [-0.39, 0.29) is 5.41 Å². The molecule has 2 saturated carbocycles. The second-order valence-corrected chi connectivity index (χ2v) is 10.1. The van der Waals surface area contributed by atoms with E-state index in [9.17, 15) is 5.26 Å². The lowest BCUT2D eigenvalue weighted by Crippen LogP contribution is -2.45. The molecule has 0 radical (unpaired) electrons. The number of benzene rings is 2. The third-order valence-corrected chi connectivity index (χ3v) is 8.28. The summed E-state index contributed by atoms with van der Waals surface area (Å²) in [5.74, 6) is 7.45. The van der Waals surface area contributed by atoms with Gasteiger partial charge in [-0.15, -0.1) is 0 Å². The largest absolute Gasteiger partial charge is 0.381 e. The standard InChI is InChI=1S/C29H28N2O/c1-19-25-10-8-22(18-30)16-27(25)29(31-19)26-15-21(6-5-20-3-4-20)7-9-23(26)17-28(29)13-11-24(32-2)12-14-28/h7-10,15-16,20,24H,3-4,11-14,17H2,1-2H3. The molecule has 0 bridgehead atoms. The van der Waals surface area contributed by atoms with Crippen molar-refractivity contribution in [2.45, 2.75) is 63.5 Å². The van der Waals surface area contributed by atoms with Crippen LogP contribution in [-0.4, -0.2) is 18.9 Å². The Morgan fingerprint density at radius 3 is 2.47 bits per heavy atom. The Labute approximate surface area is 190 Å². The molecule has 0 N–H and O–H groups in total. The van der Waals surface area contributed by atoms with E-state index in [0.717, 1.165) is 43.4 Å². The summed E-state index contributed by atoms with van der Waals surface area (Å²) in [7, 11) is 1.83. The molecule has 1 heterocycles. The van der Waals surface area contributed by atoms with Gasteiger partial charge in [-0.1, -0.05) is 24.0 Å². The minimum Gasteiger partial charge on any atom is -0.381 e. The Morgan fingerprint density at radius 2 is 1.75 bits per heavy atom. The molecule has 1 atom stereocenters. The van der Waals surface area contributed by atoms with Crippen LogP contribution in [0.15, 0.2) is 41.4 Å². The predicted molar refractivity (Wildman–Crippen MR) is 126 cm³/mol. The van der Waals surface area contributed by atoms with Gasteiger partial charge < -0.3 is 4.74 Å². The molecular weight excluding hydrogens is 392 g/mol. The van der Waals surface area contributed by atoms with Crippen LogP contribution in [0.4, 0.5) is 0 Å². The van der Waals surface area contributed by atoms with E-state index in [1.54, 1.807) is 0 Å². The van der Waals surface area contributed by atoms with Crippen molar-refractivity contribution in [1.82, 2.24) is 0 Å². The summed E-state index contributed by atoms with van der Waals surface area (Å²) in [5, 5.41) is 9.68. The van der Waals surface area contributed by atoms with Crippen LogP contribution in [-0.2, 0) is 16.7 Å². The molecule has 3 heteroatoms. The molecule has 32 heavy (non-hydrogen) atoms. The predicted octanol–water partition coefficient (Wildman–Crippen LogP) is 5.52. The number of rotatable bonds is 1. The third kappa shape index (κ3) is 2.74. The summed E-state index contributed by atoms with van der Waals surface area (Å²) in [6.45, 7) is 2.13. The van der Waals surface area contributed by atoms with Crippen LogP contribution in [0.3, 0.4) is 0 Å². The van der Waals surface area contributed by atoms with Crippen LogP contribution in [0, 0.1) is 34.5 Å². The lowest BCUT2D eigenvalue weighted by Gasteiger charge is -2.47. The number of ether oxygens (including phenoxy) is 1. The lowest BCUT2D eigenvalue weighted by atomic mass is 9.59. The second kappa shape index (κ2) is 7.06. The van der Waals surface area contributed by atoms with Gasteiger partial charge >= 0.3 is 0 Å². The van der Waals surface area contributed by atoms with Gasteiger partial charge in [-0.3, -0.25) is 4.99 Å². The molecule has 2 fully saturated rings. The maximum absolute atomic E-state index is 9.68. The SMILES string of the molecule is COC1CCC2(CC1)Cc1ccc(C#CC3CC3)cc1C21N=C(C)c2ccc(C#N)cc21. The molecular formula is C29H28N2O. The Morgan fingerprint density at radius 1 is 1.00 bits per heavy atom. The van der Waals surface area contributed by atoms with E-state index < -0.39 is 5.54 Å². The number of hydrogen-bond acceptors (Lipinski definition) is 3. The minimum absolute atomic E-state index is 0.0213. The second-order valence-electron chi connectivity index (χ2n) is 10.1. The summed E-state index contributed by atoms with van der Waals surface area (Å²) in [6.07, 6.45) is 8.11. The Balaban J connectivity index is 1.57. The highest BCUT2D eigenvalue weighted by molar-refractivity contribution is 6.04. The topological polar surface area (TPSA) is 45.4 Å². The van der Waals surface area contributed by atoms with Gasteiger partial charge in [-0.2, -0.15) is 5.26 Å². The van der Waals surface area contributed by atoms with Gasteiger partial charge in [0.25, 0.3) is 0 Å². The highest BCUT2D eigenvalue weighted by Gasteiger charge is 2.61. The van der Waals surface area contributed by atoms with E-state index >= 15 is 0 Å². The Hall–Kier alpha value is -2.88. The quantitative estimate of drug-likeness (QED) is 0.571. The van der Waals surface area contributed by atoms with E-state index in [4.69, 9.17) is 9.73 Å². The van der Waals surface area contributed by atoms with Crippen LogP contribution < -0.4 is 0 Å². The van der Waals surface area contributed by atoms with E-state index in [1.807, 2.05) is 13.2 Å². The monoisotopic (exact) mass is 420 g/mol. The van der Waals surface area contributed by atoms with Gasteiger partial charge in [0.15, 0.2) is 0 Å². The van der Waals surface area contributed by atoms with Crippen molar-refractivity contribution in [3.8, 4) is 17.9 Å². The van der Waals surface area contributed by atoms with E-state index in [1.165, 1.54) is 35.1 Å². The maximum Gasteiger partial charge on any atom is 0.118 e. The first-order valence-corrected chi connectivity index (χ1v) is 11.9. The van der Waals surface area contributed by atoms with Gasteiger partial charge in [0.05, 0.1) is 17.7 Å². The zero-order chi connectivity index (χ0) is 21.9. The Kier molecular flexibility index (Phi) is 4.36. The van der Waals surface area contributed by atoms with Crippen molar-refractivity contribution < 1.29 is 4.74 Å². The summed E-state index contributed by atoms with van der Waals surface area (Å²) in [4.78, 5) is 5.50. The number of hydrogen-bond donors (Lipinski definition) is 0. The van der Waals surface area contributed by atoms with Crippen molar-refractivity contribution >= 4 is 5.71 Å². The number of aliphatic imine (C=N–C) groups is 1. The average molecular weight is 421 g/mol. The summed E-state index contributed by atoms with van der Waals surface area (Å²) in [5.41, 5.74) is 7.60. The molecule has 1 aliphatic heterocycles. The van der Waals surface area contributed by atoms with Crippen LogP contribution in [0.2, 0.25) is 0 Å². The fourth-order valence-electron chi connectivity index (χ4n) is 6.46. The summed E-state index contributed by atoms with van der Waals surface area (Å²) in [6, 6.07) is 15.3. The van der Waals surface area contributed by atoms with Crippen LogP contribution in [0.25, 0.3) is 0 Å². The minimum atomic E-state index is -0.426. The zero-order valence-corrected chi connectivity index (χ0v) is 18.9. The zero-order valence-electron chi connectivity index (χ0n) is 18.9. The third-order valence-electron chi connectivity index (χ3n) is 8.28.